The standard InChI is InChI=1S/C17H13Cl2N3O6S/c1-2-28-13-4-3-8(5-12(13)22(26)27)15(23)21-17(29)20-14-10(16(24)25)6-9(18)7-11(14)19/h3-7H,2H2,1H3,(H,24,25)(H2,20,21,23,29). The van der Waals surface area contributed by atoms with Gasteiger partial charge in [0.15, 0.2) is 10.9 Å². The Bertz CT molecular complexity index is 1010. The molecule has 2 rings (SSSR count). The van der Waals surface area contributed by atoms with E-state index in [1.54, 1.807) is 6.92 Å². The van der Waals surface area contributed by atoms with Crippen LogP contribution < -0.4 is 15.4 Å². The predicted molar refractivity (Wildman–Crippen MR) is 111 cm³/mol. The van der Waals surface area contributed by atoms with Crippen molar-refractivity contribution in [3.05, 3.63) is 61.6 Å². The topological polar surface area (TPSA) is 131 Å². The Balaban J connectivity index is 2.22. The summed E-state index contributed by atoms with van der Waals surface area (Å²) in [6, 6.07) is 6.14. The molecule has 0 saturated heterocycles. The molecule has 3 N–H and O–H groups in total. The van der Waals surface area contributed by atoms with E-state index in [0.29, 0.717) is 0 Å². The molecule has 9 nitrogen and oxygen atoms in total. The number of benzene rings is 2. The highest BCUT2D eigenvalue weighted by Crippen LogP contribution is 2.31. The number of aromatic carboxylic acids is 1. The van der Waals surface area contributed by atoms with Crippen LogP contribution in [0.15, 0.2) is 30.3 Å². The number of nitrogens with zero attached hydrogens (tertiary/aromatic N) is 1. The van der Waals surface area contributed by atoms with Gasteiger partial charge >= 0.3 is 11.7 Å². The fourth-order valence-electron chi connectivity index (χ4n) is 2.27. The summed E-state index contributed by atoms with van der Waals surface area (Å²) in [5, 5.41) is 25.1. The molecule has 0 unspecified atom stereocenters. The highest BCUT2D eigenvalue weighted by atomic mass is 35.5. The highest BCUT2D eigenvalue weighted by Gasteiger charge is 2.20. The number of anilines is 1. The summed E-state index contributed by atoms with van der Waals surface area (Å²) in [5.74, 6) is -2.04. The first kappa shape index (κ1) is 22.3. The molecule has 0 heterocycles. The van der Waals surface area contributed by atoms with Crippen molar-refractivity contribution in [2.75, 3.05) is 11.9 Å². The Morgan fingerprint density at radius 1 is 1.28 bits per heavy atom. The summed E-state index contributed by atoms with van der Waals surface area (Å²) in [7, 11) is 0. The van der Waals surface area contributed by atoms with Gasteiger partial charge in [-0.3, -0.25) is 20.2 Å². The fraction of sp³-hybridized carbons (Fsp3) is 0.118. The van der Waals surface area contributed by atoms with E-state index in [1.807, 2.05) is 0 Å². The summed E-state index contributed by atoms with van der Waals surface area (Å²) in [4.78, 5) is 34.2. The normalized spacial score (nSPS) is 10.2. The van der Waals surface area contributed by atoms with Crippen molar-refractivity contribution in [1.82, 2.24) is 5.32 Å². The zero-order valence-electron chi connectivity index (χ0n) is 14.7. The molecule has 0 aliphatic carbocycles. The molecule has 0 radical (unpaired) electrons. The van der Waals surface area contributed by atoms with E-state index in [2.05, 4.69) is 10.6 Å². The number of halogens is 2. The third-order valence-corrected chi connectivity index (χ3v) is 4.19. The van der Waals surface area contributed by atoms with E-state index < -0.39 is 16.8 Å². The lowest BCUT2D eigenvalue weighted by molar-refractivity contribution is -0.385. The number of carboxylic acid groups (broad SMARTS) is 1. The van der Waals surface area contributed by atoms with Crippen LogP contribution in [0.4, 0.5) is 11.4 Å². The van der Waals surface area contributed by atoms with E-state index in [9.17, 15) is 24.8 Å². The maximum absolute atomic E-state index is 12.4. The van der Waals surface area contributed by atoms with E-state index in [1.165, 1.54) is 24.3 Å². The molecule has 0 atom stereocenters. The van der Waals surface area contributed by atoms with Gasteiger partial charge in [-0.25, -0.2) is 4.79 Å². The molecule has 0 saturated carbocycles. The Labute approximate surface area is 179 Å². The number of carbonyl (C=O) groups excluding carboxylic acids is 1. The summed E-state index contributed by atoms with van der Waals surface area (Å²) in [5.41, 5.74) is -0.750. The predicted octanol–water partition coefficient (Wildman–Crippen LogP) is 4.13. The number of carbonyl (C=O) groups is 2. The fourth-order valence-corrected chi connectivity index (χ4v) is 3.00. The lowest BCUT2D eigenvalue weighted by Gasteiger charge is -2.14. The maximum Gasteiger partial charge on any atom is 0.337 e. The average molecular weight is 458 g/mol. The van der Waals surface area contributed by atoms with E-state index in [4.69, 9.17) is 40.2 Å². The molecule has 0 aromatic heterocycles. The van der Waals surface area contributed by atoms with Crippen LogP contribution in [-0.2, 0) is 0 Å². The summed E-state index contributed by atoms with van der Waals surface area (Å²) in [6.45, 7) is 1.88. The molecule has 0 spiro atoms. The van der Waals surface area contributed by atoms with Crippen molar-refractivity contribution in [3.63, 3.8) is 0 Å². The molecule has 152 valence electrons. The Hall–Kier alpha value is -2.95. The molecule has 12 heteroatoms. The van der Waals surface area contributed by atoms with Crippen LogP contribution in [0.5, 0.6) is 5.75 Å². The van der Waals surface area contributed by atoms with Gasteiger partial charge in [-0.1, -0.05) is 23.2 Å². The number of nitro benzene ring substituents is 1. The van der Waals surface area contributed by atoms with Gasteiger partial charge < -0.3 is 15.2 Å². The van der Waals surface area contributed by atoms with Gasteiger partial charge in [0.2, 0.25) is 0 Å². The van der Waals surface area contributed by atoms with E-state index in [0.717, 1.165) is 6.07 Å². The van der Waals surface area contributed by atoms with Gasteiger partial charge in [-0.05, 0) is 43.4 Å². The molecular weight excluding hydrogens is 445 g/mol. The van der Waals surface area contributed by atoms with Crippen molar-refractivity contribution in [1.29, 1.82) is 0 Å². The molecule has 2 aromatic carbocycles. The number of rotatable bonds is 6. The van der Waals surface area contributed by atoms with Gasteiger partial charge in [0.1, 0.15) is 0 Å². The largest absolute Gasteiger partial charge is 0.487 e. The zero-order valence-corrected chi connectivity index (χ0v) is 17.0. The number of nitro groups is 1. The van der Waals surface area contributed by atoms with Gasteiger partial charge in [0.25, 0.3) is 5.91 Å². The van der Waals surface area contributed by atoms with Gasteiger partial charge in [0, 0.05) is 16.7 Å². The second-order valence-corrected chi connectivity index (χ2v) is 6.65. The number of amides is 1. The minimum Gasteiger partial charge on any atom is -0.487 e. The second-order valence-electron chi connectivity index (χ2n) is 5.40. The summed E-state index contributed by atoms with van der Waals surface area (Å²) >= 11 is 16.8. The van der Waals surface area contributed by atoms with E-state index >= 15 is 0 Å². The van der Waals surface area contributed by atoms with Crippen LogP contribution in [0, 0.1) is 10.1 Å². The number of thiocarbonyl (C=S) groups is 1. The minimum absolute atomic E-state index is 0.0220. The van der Waals surface area contributed by atoms with Crippen LogP contribution in [0.25, 0.3) is 0 Å². The lowest BCUT2D eigenvalue weighted by atomic mass is 10.1. The molecule has 2 aromatic rings. The van der Waals surface area contributed by atoms with Gasteiger partial charge in [0.05, 0.1) is 27.8 Å². The third kappa shape index (κ3) is 5.53. The number of hydrogen-bond acceptors (Lipinski definition) is 6. The van der Waals surface area contributed by atoms with Gasteiger partial charge in [-0.2, -0.15) is 0 Å². The van der Waals surface area contributed by atoms with Crippen LogP contribution in [0.3, 0.4) is 0 Å². The van der Waals surface area contributed by atoms with Crippen LogP contribution in [0.1, 0.15) is 27.6 Å². The van der Waals surface area contributed by atoms with Crippen molar-refractivity contribution < 1.29 is 24.4 Å². The Morgan fingerprint density at radius 2 is 1.97 bits per heavy atom. The van der Waals surface area contributed by atoms with Crippen molar-refractivity contribution >= 4 is 63.8 Å². The molecule has 29 heavy (non-hydrogen) atoms. The number of ether oxygens (including phenoxy) is 1. The monoisotopic (exact) mass is 457 g/mol. The number of hydrogen-bond donors (Lipinski definition) is 3. The number of carboxylic acids is 1. The summed E-state index contributed by atoms with van der Waals surface area (Å²) in [6.07, 6.45) is 0. The first-order valence-corrected chi connectivity index (χ1v) is 9.06. The molecule has 0 bridgehead atoms. The highest BCUT2D eigenvalue weighted by molar-refractivity contribution is 7.80. The first-order valence-electron chi connectivity index (χ1n) is 7.90. The Kier molecular flexibility index (Phi) is 7.32. The van der Waals surface area contributed by atoms with E-state index in [-0.39, 0.29) is 50.0 Å². The van der Waals surface area contributed by atoms with Crippen LogP contribution in [0.2, 0.25) is 10.0 Å². The van der Waals surface area contributed by atoms with Crippen molar-refractivity contribution in [2.45, 2.75) is 6.92 Å². The maximum atomic E-state index is 12.4. The summed E-state index contributed by atoms with van der Waals surface area (Å²) < 4.78 is 5.16. The van der Waals surface area contributed by atoms with Crippen molar-refractivity contribution in [3.8, 4) is 5.75 Å². The first-order chi connectivity index (χ1) is 13.6. The SMILES string of the molecule is CCOc1ccc(C(=O)NC(=S)Nc2c(Cl)cc(Cl)cc2C(=O)O)cc1[N+](=O)[O-]. The van der Waals surface area contributed by atoms with Crippen LogP contribution in [-0.4, -0.2) is 33.6 Å². The second kappa shape index (κ2) is 9.50. The molecular formula is C17H13Cl2N3O6S. The smallest absolute Gasteiger partial charge is 0.337 e. The molecule has 0 fully saturated rings. The Morgan fingerprint density at radius 3 is 2.55 bits per heavy atom. The average Bonchev–Trinajstić information content (AvgIpc) is 2.63. The van der Waals surface area contributed by atoms with Gasteiger partial charge in [-0.15, -0.1) is 0 Å². The zero-order chi connectivity index (χ0) is 21.7. The van der Waals surface area contributed by atoms with Crippen molar-refractivity contribution in [2.24, 2.45) is 0 Å². The minimum atomic E-state index is -1.31. The molecule has 1 amide bonds. The lowest BCUT2D eigenvalue weighted by Crippen LogP contribution is -2.34. The number of nitrogens with one attached hydrogen (secondary N) is 2. The van der Waals surface area contributed by atoms with Crippen LogP contribution >= 0.6 is 35.4 Å². The third-order valence-electron chi connectivity index (χ3n) is 3.47. The molecule has 0 aliphatic heterocycles. The quantitative estimate of drug-likeness (QED) is 0.335. The molecule has 0 aliphatic rings.